The largest absolute Gasteiger partial charge is 0.497 e. The van der Waals surface area contributed by atoms with Crippen molar-refractivity contribution in [2.45, 2.75) is 19.1 Å². The highest BCUT2D eigenvalue weighted by Gasteiger charge is 2.43. The van der Waals surface area contributed by atoms with Crippen LogP contribution in [0.4, 0.5) is 4.79 Å². The summed E-state index contributed by atoms with van der Waals surface area (Å²) >= 11 is 0. The van der Waals surface area contributed by atoms with Gasteiger partial charge in [0, 0.05) is 6.54 Å². The number of ether oxygens (including phenoxy) is 2. The average molecular weight is 355 g/mol. The second-order valence-corrected chi connectivity index (χ2v) is 6.19. The van der Waals surface area contributed by atoms with Gasteiger partial charge in [-0.05, 0) is 29.7 Å². The number of carboxylic acids is 1. The fourth-order valence-electron chi connectivity index (χ4n) is 3.30. The summed E-state index contributed by atoms with van der Waals surface area (Å²) in [6, 6.07) is 16.0. The summed E-state index contributed by atoms with van der Waals surface area (Å²) in [7, 11) is 1.55. The molecule has 2 aromatic carbocycles. The molecule has 2 aromatic rings. The number of rotatable bonds is 5. The van der Waals surface area contributed by atoms with Crippen molar-refractivity contribution in [3.8, 4) is 5.75 Å². The number of aliphatic carboxylic acids is 1. The lowest BCUT2D eigenvalue weighted by Crippen LogP contribution is -2.34. The van der Waals surface area contributed by atoms with Crippen molar-refractivity contribution in [2.24, 2.45) is 5.92 Å². The van der Waals surface area contributed by atoms with E-state index < -0.39 is 24.0 Å². The molecule has 0 unspecified atom stereocenters. The van der Waals surface area contributed by atoms with Crippen LogP contribution in [0.2, 0.25) is 0 Å². The molecule has 1 aliphatic heterocycles. The van der Waals surface area contributed by atoms with Crippen molar-refractivity contribution < 1.29 is 24.2 Å². The molecule has 0 aromatic heterocycles. The fraction of sp³-hybridized carbons (Fsp3) is 0.300. The molecule has 0 aliphatic carbocycles. The Morgan fingerprint density at radius 2 is 1.92 bits per heavy atom. The third-order valence-corrected chi connectivity index (χ3v) is 4.59. The molecule has 1 amide bonds. The van der Waals surface area contributed by atoms with E-state index in [1.165, 1.54) is 4.90 Å². The number of carbonyl (C=O) groups excluding carboxylic acids is 1. The number of hydrogen-bond acceptors (Lipinski definition) is 4. The van der Waals surface area contributed by atoms with Crippen LogP contribution in [0.5, 0.6) is 5.75 Å². The van der Waals surface area contributed by atoms with Gasteiger partial charge in [0.2, 0.25) is 0 Å². The molecule has 6 nitrogen and oxygen atoms in total. The topological polar surface area (TPSA) is 76.1 Å². The Balaban J connectivity index is 1.79. The maximum absolute atomic E-state index is 12.6. The van der Waals surface area contributed by atoms with E-state index in [1.807, 2.05) is 36.4 Å². The molecular formula is C20H21NO5. The Kier molecular flexibility index (Phi) is 5.41. The molecule has 1 fully saturated rings. The van der Waals surface area contributed by atoms with Crippen LogP contribution in [0.15, 0.2) is 54.6 Å². The van der Waals surface area contributed by atoms with Crippen LogP contribution in [-0.4, -0.2) is 35.7 Å². The molecule has 1 N–H and O–H groups in total. The van der Waals surface area contributed by atoms with Gasteiger partial charge in [-0.1, -0.05) is 42.5 Å². The van der Waals surface area contributed by atoms with Crippen molar-refractivity contribution in [1.29, 1.82) is 0 Å². The van der Waals surface area contributed by atoms with E-state index in [9.17, 15) is 14.7 Å². The van der Waals surface area contributed by atoms with Gasteiger partial charge < -0.3 is 19.5 Å². The number of amides is 1. The summed E-state index contributed by atoms with van der Waals surface area (Å²) in [4.78, 5) is 25.8. The zero-order valence-electron chi connectivity index (χ0n) is 14.5. The van der Waals surface area contributed by atoms with Crippen LogP contribution in [0, 0.1) is 5.92 Å². The minimum Gasteiger partial charge on any atom is -0.497 e. The van der Waals surface area contributed by atoms with Crippen molar-refractivity contribution in [3.63, 3.8) is 0 Å². The van der Waals surface area contributed by atoms with Gasteiger partial charge in [-0.2, -0.15) is 0 Å². The summed E-state index contributed by atoms with van der Waals surface area (Å²) < 4.78 is 10.6. The van der Waals surface area contributed by atoms with Crippen LogP contribution >= 0.6 is 0 Å². The Hall–Kier alpha value is -3.02. The normalized spacial score (nSPS) is 19.2. The maximum atomic E-state index is 12.6. The Labute approximate surface area is 152 Å². The average Bonchev–Trinajstić information content (AvgIpc) is 3.12. The lowest BCUT2D eigenvalue weighted by molar-refractivity contribution is -0.142. The van der Waals surface area contributed by atoms with Gasteiger partial charge in [-0.3, -0.25) is 4.79 Å². The summed E-state index contributed by atoms with van der Waals surface area (Å²) in [6.07, 6.45) is -0.122. The van der Waals surface area contributed by atoms with E-state index in [2.05, 4.69) is 0 Å². The van der Waals surface area contributed by atoms with Crippen LogP contribution in [-0.2, 0) is 16.1 Å². The lowest BCUT2D eigenvalue weighted by atomic mass is 9.94. The Morgan fingerprint density at radius 3 is 2.62 bits per heavy atom. The van der Waals surface area contributed by atoms with Gasteiger partial charge in [0.1, 0.15) is 12.4 Å². The molecule has 0 spiro atoms. The van der Waals surface area contributed by atoms with E-state index >= 15 is 0 Å². The van der Waals surface area contributed by atoms with Crippen molar-refractivity contribution in [1.82, 2.24) is 4.90 Å². The second-order valence-electron chi connectivity index (χ2n) is 6.19. The van der Waals surface area contributed by atoms with Crippen LogP contribution in [0.25, 0.3) is 0 Å². The minimum absolute atomic E-state index is 0.152. The summed E-state index contributed by atoms with van der Waals surface area (Å²) in [6.45, 7) is 0.491. The summed E-state index contributed by atoms with van der Waals surface area (Å²) in [5.74, 6) is -0.973. The predicted octanol–water partition coefficient (Wildman–Crippen LogP) is 3.48. The van der Waals surface area contributed by atoms with Gasteiger partial charge in [-0.25, -0.2) is 4.79 Å². The van der Waals surface area contributed by atoms with E-state index in [4.69, 9.17) is 9.47 Å². The molecule has 1 heterocycles. The van der Waals surface area contributed by atoms with E-state index in [1.54, 1.807) is 25.3 Å². The first-order valence-corrected chi connectivity index (χ1v) is 8.44. The minimum atomic E-state index is -0.920. The van der Waals surface area contributed by atoms with Crippen molar-refractivity contribution >= 4 is 12.1 Å². The maximum Gasteiger partial charge on any atom is 0.410 e. The first kappa shape index (κ1) is 17.8. The number of carbonyl (C=O) groups is 2. The predicted molar refractivity (Wildman–Crippen MR) is 94.8 cm³/mol. The van der Waals surface area contributed by atoms with E-state index in [-0.39, 0.29) is 6.61 Å². The standard InChI is InChI=1S/C20H21NO5/c1-25-16-9-5-8-15(12-16)18-17(19(22)23)10-11-21(18)20(24)26-13-14-6-3-2-4-7-14/h2-9,12,17-18H,10-11,13H2,1H3,(H,22,23)/t17-,18-/m1/s1. The van der Waals surface area contributed by atoms with Gasteiger partial charge in [0.25, 0.3) is 0 Å². The third kappa shape index (κ3) is 3.79. The zero-order valence-corrected chi connectivity index (χ0v) is 14.5. The second kappa shape index (κ2) is 7.91. The summed E-state index contributed by atoms with van der Waals surface area (Å²) in [5, 5.41) is 9.57. The van der Waals surface area contributed by atoms with Crippen LogP contribution < -0.4 is 4.74 Å². The first-order valence-electron chi connectivity index (χ1n) is 8.44. The monoisotopic (exact) mass is 355 g/mol. The SMILES string of the molecule is COc1cccc([C@@H]2[C@H](C(=O)O)CCN2C(=O)OCc2ccccc2)c1. The molecule has 0 radical (unpaired) electrons. The molecule has 6 heteroatoms. The number of methoxy groups -OCH3 is 1. The highest BCUT2D eigenvalue weighted by atomic mass is 16.6. The molecule has 1 aliphatic rings. The van der Waals surface area contributed by atoms with E-state index in [0.29, 0.717) is 18.7 Å². The summed E-state index contributed by atoms with van der Waals surface area (Å²) in [5.41, 5.74) is 1.61. The van der Waals surface area contributed by atoms with Gasteiger partial charge in [0.15, 0.2) is 0 Å². The molecule has 0 bridgehead atoms. The Bertz CT molecular complexity index is 777. The van der Waals surface area contributed by atoms with Crippen molar-refractivity contribution in [2.75, 3.05) is 13.7 Å². The molecule has 26 heavy (non-hydrogen) atoms. The van der Waals surface area contributed by atoms with Crippen molar-refractivity contribution in [3.05, 3.63) is 65.7 Å². The number of likely N-dealkylation sites (tertiary alicyclic amines) is 1. The van der Waals surface area contributed by atoms with Crippen LogP contribution in [0.3, 0.4) is 0 Å². The molecule has 136 valence electrons. The number of nitrogens with zero attached hydrogens (tertiary/aromatic N) is 1. The first-order chi connectivity index (χ1) is 12.6. The van der Waals surface area contributed by atoms with Crippen LogP contribution in [0.1, 0.15) is 23.6 Å². The lowest BCUT2D eigenvalue weighted by Gasteiger charge is -2.27. The van der Waals surface area contributed by atoms with Gasteiger partial charge >= 0.3 is 12.1 Å². The number of carboxylic acid groups (broad SMARTS) is 1. The molecule has 1 saturated heterocycles. The Morgan fingerprint density at radius 1 is 1.15 bits per heavy atom. The smallest absolute Gasteiger partial charge is 0.410 e. The quantitative estimate of drug-likeness (QED) is 0.889. The van der Waals surface area contributed by atoms with Gasteiger partial charge in [-0.15, -0.1) is 0 Å². The highest BCUT2D eigenvalue weighted by molar-refractivity contribution is 5.76. The molecule has 2 atom stereocenters. The number of benzene rings is 2. The van der Waals surface area contributed by atoms with E-state index in [0.717, 1.165) is 11.1 Å². The number of hydrogen-bond donors (Lipinski definition) is 1. The highest BCUT2D eigenvalue weighted by Crippen LogP contribution is 2.39. The third-order valence-electron chi connectivity index (χ3n) is 4.59. The fourth-order valence-corrected chi connectivity index (χ4v) is 3.30. The zero-order chi connectivity index (χ0) is 18.5. The molecule has 3 rings (SSSR count). The molecule has 0 saturated carbocycles. The molecular weight excluding hydrogens is 334 g/mol. The van der Waals surface area contributed by atoms with Gasteiger partial charge in [0.05, 0.1) is 19.1 Å².